The molecule has 94 valence electrons. The van der Waals surface area contributed by atoms with E-state index in [0.29, 0.717) is 19.3 Å². The average molecular weight is 246 g/mol. The van der Waals surface area contributed by atoms with Gasteiger partial charge in [-0.3, -0.25) is 0 Å². The molecule has 0 aliphatic heterocycles. The van der Waals surface area contributed by atoms with Crippen molar-refractivity contribution in [1.82, 2.24) is 0 Å². The summed E-state index contributed by atoms with van der Waals surface area (Å²) in [4.78, 5) is 10.7. The standard InChI is InChI=1S/C12H22O3S/c1-11(13)7-5-6-10-16(14,15)12-8-3-2-4-9-12/h12H,2-10H2,1H3. The van der Waals surface area contributed by atoms with Crippen LogP contribution in [0.1, 0.15) is 58.3 Å². The summed E-state index contributed by atoms with van der Waals surface area (Å²) in [6.07, 6.45) is 6.83. The molecule has 0 aromatic heterocycles. The van der Waals surface area contributed by atoms with E-state index in [0.717, 1.165) is 25.7 Å². The van der Waals surface area contributed by atoms with Gasteiger partial charge in [0.1, 0.15) is 5.78 Å². The molecule has 4 heteroatoms. The van der Waals surface area contributed by atoms with Crippen LogP contribution in [0.3, 0.4) is 0 Å². The highest BCUT2D eigenvalue weighted by Gasteiger charge is 2.26. The lowest BCUT2D eigenvalue weighted by atomic mass is 10.0. The second-order valence-electron chi connectivity index (χ2n) is 4.79. The van der Waals surface area contributed by atoms with Crippen LogP contribution in [0.2, 0.25) is 0 Å². The minimum absolute atomic E-state index is 0.0985. The Kier molecular flexibility index (Phi) is 5.46. The average Bonchev–Trinajstić information content (AvgIpc) is 2.26. The molecule has 0 spiro atoms. The molecule has 1 aliphatic carbocycles. The van der Waals surface area contributed by atoms with Crippen LogP contribution in [-0.2, 0) is 14.6 Å². The van der Waals surface area contributed by atoms with Crippen molar-refractivity contribution >= 4 is 15.6 Å². The van der Waals surface area contributed by atoms with E-state index < -0.39 is 9.84 Å². The third kappa shape index (κ3) is 4.64. The number of hydrogen-bond acceptors (Lipinski definition) is 3. The van der Waals surface area contributed by atoms with Crippen LogP contribution in [0.5, 0.6) is 0 Å². The van der Waals surface area contributed by atoms with Crippen molar-refractivity contribution in [3.05, 3.63) is 0 Å². The molecule has 16 heavy (non-hydrogen) atoms. The minimum atomic E-state index is -2.89. The predicted molar refractivity (Wildman–Crippen MR) is 65.2 cm³/mol. The molecule has 1 fully saturated rings. The van der Waals surface area contributed by atoms with Crippen molar-refractivity contribution in [2.75, 3.05) is 5.75 Å². The monoisotopic (exact) mass is 246 g/mol. The topological polar surface area (TPSA) is 51.2 Å². The molecule has 0 saturated heterocycles. The zero-order chi connectivity index (χ0) is 12.0. The molecule has 1 saturated carbocycles. The first-order valence-electron chi connectivity index (χ1n) is 6.23. The summed E-state index contributed by atoms with van der Waals surface area (Å²) in [7, 11) is -2.89. The Bertz CT molecular complexity index is 313. The first-order valence-corrected chi connectivity index (χ1v) is 7.95. The first kappa shape index (κ1) is 13.7. The predicted octanol–water partition coefficient (Wildman–Crippen LogP) is 2.49. The Balaban J connectivity index is 2.30. The number of hydrogen-bond donors (Lipinski definition) is 0. The first-order chi connectivity index (χ1) is 7.52. The van der Waals surface area contributed by atoms with Crippen LogP contribution >= 0.6 is 0 Å². The summed E-state index contributed by atoms with van der Waals surface area (Å²) < 4.78 is 23.9. The number of Topliss-reactive ketones (excluding diaryl/α,β-unsaturated/α-hetero) is 1. The number of sulfone groups is 1. The molecule has 0 aromatic carbocycles. The third-order valence-corrected chi connectivity index (χ3v) is 5.61. The van der Waals surface area contributed by atoms with Gasteiger partial charge in [-0.1, -0.05) is 19.3 Å². The zero-order valence-corrected chi connectivity index (χ0v) is 10.9. The summed E-state index contributed by atoms with van der Waals surface area (Å²) in [5.41, 5.74) is 0. The van der Waals surface area contributed by atoms with Crippen LogP contribution in [0.4, 0.5) is 0 Å². The Morgan fingerprint density at radius 3 is 2.31 bits per heavy atom. The van der Waals surface area contributed by atoms with Gasteiger partial charge in [0.15, 0.2) is 9.84 Å². The second kappa shape index (κ2) is 6.38. The zero-order valence-electron chi connectivity index (χ0n) is 10.1. The SMILES string of the molecule is CC(=O)CCCCS(=O)(=O)C1CCCCC1. The molecular weight excluding hydrogens is 224 g/mol. The largest absolute Gasteiger partial charge is 0.300 e. The number of carbonyl (C=O) groups excluding carboxylic acids is 1. The number of unbranched alkanes of at least 4 members (excludes halogenated alkanes) is 1. The fourth-order valence-electron chi connectivity index (χ4n) is 2.27. The minimum Gasteiger partial charge on any atom is -0.300 e. The molecule has 0 amide bonds. The molecule has 0 unspecified atom stereocenters. The lowest BCUT2D eigenvalue weighted by Gasteiger charge is -2.21. The van der Waals surface area contributed by atoms with Crippen molar-refractivity contribution < 1.29 is 13.2 Å². The maximum Gasteiger partial charge on any atom is 0.153 e. The van der Waals surface area contributed by atoms with Gasteiger partial charge in [-0.05, 0) is 32.6 Å². The molecule has 3 nitrogen and oxygen atoms in total. The van der Waals surface area contributed by atoms with Gasteiger partial charge < -0.3 is 4.79 Å². The van der Waals surface area contributed by atoms with Crippen molar-refractivity contribution in [2.24, 2.45) is 0 Å². The van der Waals surface area contributed by atoms with E-state index in [-0.39, 0.29) is 16.8 Å². The summed E-state index contributed by atoms with van der Waals surface area (Å²) in [6, 6.07) is 0. The molecule has 1 aliphatic rings. The van der Waals surface area contributed by atoms with E-state index in [1.807, 2.05) is 0 Å². The molecule has 0 N–H and O–H groups in total. The highest BCUT2D eigenvalue weighted by Crippen LogP contribution is 2.24. The Hall–Kier alpha value is -0.380. The maximum absolute atomic E-state index is 11.9. The summed E-state index contributed by atoms with van der Waals surface area (Å²) >= 11 is 0. The smallest absolute Gasteiger partial charge is 0.153 e. The third-order valence-electron chi connectivity index (χ3n) is 3.27. The van der Waals surface area contributed by atoms with Gasteiger partial charge in [0.2, 0.25) is 0 Å². The normalized spacial score (nSPS) is 18.6. The second-order valence-corrected chi connectivity index (χ2v) is 7.19. The van der Waals surface area contributed by atoms with Crippen molar-refractivity contribution in [2.45, 2.75) is 63.5 Å². The van der Waals surface area contributed by atoms with Gasteiger partial charge in [-0.15, -0.1) is 0 Å². The fourth-order valence-corrected chi connectivity index (χ4v) is 4.26. The van der Waals surface area contributed by atoms with Crippen molar-refractivity contribution in [1.29, 1.82) is 0 Å². The van der Waals surface area contributed by atoms with Gasteiger partial charge in [-0.25, -0.2) is 8.42 Å². The number of ketones is 1. The van der Waals surface area contributed by atoms with Gasteiger partial charge in [-0.2, -0.15) is 0 Å². The lowest BCUT2D eigenvalue weighted by molar-refractivity contribution is -0.117. The van der Waals surface area contributed by atoms with Crippen LogP contribution in [0, 0.1) is 0 Å². The van der Waals surface area contributed by atoms with Crippen LogP contribution in [0.25, 0.3) is 0 Å². The van der Waals surface area contributed by atoms with E-state index in [4.69, 9.17) is 0 Å². The quantitative estimate of drug-likeness (QED) is 0.677. The maximum atomic E-state index is 11.9. The Morgan fingerprint density at radius 1 is 1.12 bits per heavy atom. The van der Waals surface area contributed by atoms with Gasteiger partial charge in [0.25, 0.3) is 0 Å². The number of carbonyl (C=O) groups is 1. The molecular formula is C12H22O3S. The van der Waals surface area contributed by atoms with E-state index in [1.54, 1.807) is 6.92 Å². The fraction of sp³-hybridized carbons (Fsp3) is 0.917. The van der Waals surface area contributed by atoms with E-state index in [2.05, 4.69) is 0 Å². The van der Waals surface area contributed by atoms with E-state index in [1.165, 1.54) is 6.42 Å². The summed E-state index contributed by atoms with van der Waals surface area (Å²) in [6.45, 7) is 1.55. The molecule has 0 radical (unpaired) electrons. The molecule has 0 heterocycles. The Morgan fingerprint density at radius 2 is 1.75 bits per heavy atom. The van der Waals surface area contributed by atoms with Gasteiger partial charge >= 0.3 is 0 Å². The van der Waals surface area contributed by atoms with E-state index in [9.17, 15) is 13.2 Å². The summed E-state index contributed by atoms with van der Waals surface area (Å²) in [5, 5.41) is -0.0985. The van der Waals surface area contributed by atoms with Crippen LogP contribution in [-0.4, -0.2) is 25.2 Å². The molecule has 0 atom stereocenters. The molecule has 0 bridgehead atoms. The highest BCUT2D eigenvalue weighted by molar-refractivity contribution is 7.92. The Labute approximate surface area is 98.5 Å². The van der Waals surface area contributed by atoms with Gasteiger partial charge in [0, 0.05) is 6.42 Å². The van der Waals surface area contributed by atoms with Crippen LogP contribution < -0.4 is 0 Å². The highest BCUT2D eigenvalue weighted by atomic mass is 32.2. The van der Waals surface area contributed by atoms with Gasteiger partial charge in [0.05, 0.1) is 11.0 Å². The molecule has 0 aromatic rings. The van der Waals surface area contributed by atoms with E-state index >= 15 is 0 Å². The van der Waals surface area contributed by atoms with Crippen molar-refractivity contribution in [3.63, 3.8) is 0 Å². The van der Waals surface area contributed by atoms with Crippen LogP contribution in [0.15, 0.2) is 0 Å². The van der Waals surface area contributed by atoms with Crippen molar-refractivity contribution in [3.8, 4) is 0 Å². The molecule has 1 rings (SSSR count). The lowest BCUT2D eigenvalue weighted by Crippen LogP contribution is -2.26. The summed E-state index contributed by atoms with van der Waals surface area (Å²) in [5.74, 6) is 0.417. The number of rotatable bonds is 6.